The second-order valence-corrected chi connectivity index (χ2v) is 6.41. The van der Waals surface area contributed by atoms with Gasteiger partial charge in [0, 0.05) is 11.1 Å². The fraction of sp³-hybridized carbons (Fsp3) is 0.0435. The van der Waals surface area contributed by atoms with Gasteiger partial charge in [-0.25, -0.2) is 12.1 Å². The number of aromatic nitrogens is 1. The van der Waals surface area contributed by atoms with E-state index in [0.717, 1.165) is 0 Å². The summed E-state index contributed by atoms with van der Waals surface area (Å²) >= 11 is -2.77. The van der Waals surface area contributed by atoms with Gasteiger partial charge in [0.2, 0.25) is 0 Å². The predicted molar refractivity (Wildman–Crippen MR) is 105 cm³/mol. The third kappa shape index (κ3) is 4.70. The van der Waals surface area contributed by atoms with Crippen LogP contribution in [0.1, 0.15) is 5.69 Å². The average molecular weight is 439 g/mol. The zero-order chi connectivity index (χ0) is 19.1. The van der Waals surface area contributed by atoms with Crippen LogP contribution < -0.4 is 0 Å². The van der Waals surface area contributed by atoms with Gasteiger partial charge < -0.3 is 4.57 Å². The molecule has 0 unspecified atom stereocenters. The third-order valence-corrected chi connectivity index (χ3v) is 4.31. The maximum Gasteiger partial charge on any atom is -0.172 e. The van der Waals surface area contributed by atoms with E-state index in [-0.39, 0.29) is 0 Å². The molecule has 0 saturated carbocycles. The summed E-state index contributed by atoms with van der Waals surface area (Å²) in [4.78, 5) is 0. The van der Waals surface area contributed by atoms with Crippen LogP contribution in [0, 0.1) is 6.92 Å². The van der Waals surface area contributed by atoms with Crippen molar-refractivity contribution in [3.05, 3.63) is 103 Å². The number of hydrogen-bond acceptors (Lipinski definition) is 0. The van der Waals surface area contributed by atoms with E-state index in [2.05, 4.69) is 78.2 Å². The second kappa shape index (κ2) is 9.57. The van der Waals surface area contributed by atoms with Crippen LogP contribution >= 0.6 is 0 Å². The quantitative estimate of drug-likeness (QED) is 0.247. The maximum absolute atomic E-state index is 9.80. The van der Waals surface area contributed by atoms with E-state index in [1.807, 2.05) is 30.3 Å². The van der Waals surface area contributed by atoms with Crippen LogP contribution in [-0.4, -0.2) is 4.57 Å². The summed E-state index contributed by atoms with van der Waals surface area (Å²) < 4.78 is 21.9. The molecule has 0 atom stereocenters. The first-order valence-electron chi connectivity index (χ1n) is 8.60. The summed E-state index contributed by atoms with van der Waals surface area (Å²) in [5.41, 5.74) is 3.80. The SMILES string of the molecule is Cc1cc2ccccc2n1-c1cc2ccccc2[cH-]1.[F][Zr+2][F].c1cc[cH-]c1. The molecule has 4 aromatic carbocycles. The standard InChI is InChI=1S/C18H14N.C5H5.2FH.Zr/c1-13-10-16-8-4-5-9-18(16)19(13)17-11-14-6-2-3-7-15(14)12-17;1-2-4-5-3-1;;;/h2-12H,1H3;1-5H;2*1H;/q2*-1;;;+4/p-2. The molecule has 0 aliphatic heterocycles. The van der Waals surface area contributed by atoms with E-state index in [0.29, 0.717) is 0 Å². The molecule has 0 amide bonds. The van der Waals surface area contributed by atoms with E-state index in [4.69, 9.17) is 0 Å². The van der Waals surface area contributed by atoms with Gasteiger partial charge in [0.1, 0.15) is 0 Å². The Balaban J connectivity index is 0.000000222. The first kappa shape index (κ1) is 19.4. The van der Waals surface area contributed by atoms with Crippen molar-refractivity contribution in [1.29, 1.82) is 0 Å². The van der Waals surface area contributed by atoms with Crippen LogP contribution in [0.15, 0.2) is 97.1 Å². The molecule has 0 radical (unpaired) electrons. The van der Waals surface area contributed by atoms with Crippen molar-refractivity contribution in [3.8, 4) is 5.69 Å². The molecule has 5 aromatic rings. The summed E-state index contributed by atoms with van der Waals surface area (Å²) in [6.07, 6.45) is 0. The second-order valence-electron chi connectivity index (χ2n) is 6.06. The van der Waals surface area contributed by atoms with Gasteiger partial charge in [0.15, 0.2) is 0 Å². The molecule has 4 heteroatoms. The van der Waals surface area contributed by atoms with Crippen molar-refractivity contribution >= 4 is 21.7 Å². The fourth-order valence-electron chi connectivity index (χ4n) is 3.22. The summed E-state index contributed by atoms with van der Waals surface area (Å²) in [5, 5.41) is 3.90. The molecular formula is C23H19F2NZr. The predicted octanol–water partition coefficient (Wildman–Crippen LogP) is 7.05. The van der Waals surface area contributed by atoms with E-state index in [1.165, 1.54) is 33.1 Å². The summed E-state index contributed by atoms with van der Waals surface area (Å²) in [6, 6.07) is 33.8. The molecule has 0 aliphatic rings. The van der Waals surface area contributed by atoms with E-state index in [1.54, 1.807) is 0 Å². The Morgan fingerprint density at radius 1 is 0.815 bits per heavy atom. The van der Waals surface area contributed by atoms with Crippen LogP contribution in [0.2, 0.25) is 0 Å². The van der Waals surface area contributed by atoms with Gasteiger partial charge in [-0.2, -0.15) is 18.2 Å². The molecule has 5 rings (SSSR count). The number of aryl methyl sites for hydroxylation is 1. The van der Waals surface area contributed by atoms with E-state index in [9.17, 15) is 5.25 Å². The Morgan fingerprint density at radius 2 is 1.44 bits per heavy atom. The minimum atomic E-state index is -2.77. The molecule has 1 nitrogen and oxygen atoms in total. The number of rotatable bonds is 1. The number of halogens is 2. The fourth-order valence-corrected chi connectivity index (χ4v) is 3.22. The monoisotopic (exact) mass is 437 g/mol. The number of fused-ring (bicyclic) bond motifs is 2. The molecule has 0 fully saturated rings. The van der Waals surface area contributed by atoms with Crippen molar-refractivity contribution in [1.82, 2.24) is 4.57 Å². The molecular weight excluding hydrogens is 419 g/mol. The first-order valence-corrected chi connectivity index (χ1v) is 10.5. The van der Waals surface area contributed by atoms with Gasteiger partial charge in [0.25, 0.3) is 0 Å². The summed E-state index contributed by atoms with van der Waals surface area (Å²) in [5.74, 6) is 0. The normalized spacial score (nSPS) is 9.89. The minimum Gasteiger partial charge on any atom is -0.214 e. The van der Waals surface area contributed by atoms with Crippen LogP contribution in [-0.2, 0) is 24.5 Å². The van der Waals surface area contributed by atoms with Gasteiger partial charge in [-0.1, -0.05) is 24.3 Å². The molecule has 0 bridgehead atoms. The number of para-hydroxylation sites is 1. The first-order chi connectivity index (χ1) is 13.2. The topological polar surface area (TPSA) is 4.93 Å². The van der Waals surface area contributed by atoms with Crippen LogP contribution in [0.5, 0.6) is 0 Å². The van der Waals surface area contributed by atoms with Crippen molar-refractivity contribution in [2.75, 3.05) is 0 Å². The average Bonchev–Trinajstić information content (AvgIpc) is 3.42. The molecule has 0 saturated heterocycles. The smallest absolute Gasteiger partial charge is 0.172 e. The third-order valence-electron chi connectivity index (χ3n) is 4.31. The Kier molecular flexibility index (Phi) is 6.89. The van der Waals surface area contributed by atoms with E-state index < -0.39 is 24.5 Å². The van der Waals surface area contributed by atoms with Crippen molar-refractivity contribution in [3.63, 3.8) is 0 Å². The molecule has 0 spiro atoms. The van der Waals surface area contributed by atoms with Crippen molar-refractivity contribution < 1.29 is 29.7 Å². The zero-order valence-corrected chi connectivity index (χ0v) is 17.4. The zero-order valence-electron chi connectivity index (χ0n) is 14.9. The number of nitrogens with zero attached hydrogens (tertiary/aromatic N) is 1. The van der Waals surface area contributed by atoms with Crippen molar-refractivity contribution in [2.45, 2.75) is 6.92 Å². The number of benzene rings is 2. The Hall–Kier alpha value is -2.32. The van der Waals surface area contributed by atoms with Gasteiger partial charge >= 0.3 is 29.7 Å². The Morgan fingerprint density at radius 3 is 2.07 bits per heavy atom. The Labute approximate surface area is 170 Å². The molecule has 1 aromatic heterocycles. The minimum absolute atomic E-state index is 1.25. The van der Waals surface area contributed by atoms with Crippen molar-refractivity contribution in [2.24, 2.45) is 0 Å². The largest absolute Gasteiger partial charge is 0.214 e. The molecule has 134 valence electrons. The van der Waals surface area contributed by atoms with Gasteiger partial charge in [-0.3, -0.25) is 0 Å². The van der Waals surface area contributed by atoms with Crippen LogP contribution in [0.4, 0.5) is 5.25 Å². The molecule has 0 N–H and O–H groups in total. The van der Waals surface area contributed by atoms with E-state index >= 15 is 0 Å². The molecule has 0 aliphatic carbocycles. The van der Waals surface area contributed by atoms with Crippen LogP contribution in [0.25, 0.3) is 27.4 Å². The van der Waals surface area contributed by atoms with Crippen LogP contribution in [0.3, 0.4) is 0 Å². The van der Waals surface area contributed by atoms with Gasteiger partial charge in [-0.15, -0.1) is 41.1 Å². The van der Waals surface area contributed by atoms with Gasteiger partial charge in [-0.05, 0) is 24.7 Å². The maximum atomic E-state index is 9.80. The number of hydrogen-bond donors (Lipinski definition) is 0. The Bertz CT molecular complexity index is 1040. The summed E-state index contributed by atoms with van der Waals surface area (Å²) in [6.45, 7) is 2.16. The summed E-state index contributed by atoms with van der Waals surface area (Å²) in [7, 11) is 0. The molecule has 1 heterocycles. The molecule has 27 heavy (non-hydrogen) atoms. The van der Waals surface area contributed by atoms with Gasteiger partial charge in [0.05, 0.1) is 5.52 Å².